The molecule has 19 heavy (non-hydrogen) atoms. The van der Waals surface area contributed by atoms with E-state index in [9.17, 15) is 0 Å². The number of aromatic nitrogens is 1. The second kappa shape index (κ2) is 6.83. The van der Waals surface area contributed by atoms with Crippen molar-refractivity contribution in [2.45, 2.75) is 39.2 Å². The van der Waals surface area contributed by atoms with Gasteiger partial charge in [-0.2, -0.15) is 0 Å². The van der Waals surface area contributed by atoms with Crippen LogP contribution in [0, 0.1) is 0 Å². The van der Waals surface area contributed by atoms with Crippen LogP contribution in [-0.4, -0.2) is 48.9 Å². The summed E-state index contributed by atoms with van der Waals surface area (Å²) in [5, 5.41) is 8.58. The van der Waals surface area contributed by atoms with Crippen molar-refractivity contribution in [1.82, 2.24) is 9.88 Å². The molecule has 0 aliphatic carbocycles. The van der Waals surface area contributed by atoms with Crippen LogP contribution in [-0.2, 0) is 0 Å². The Morgan fingerprint density at radius 3 is 2.89 bits per heavy atom. The van der Waals surface area contributed by atoms with Gasteiger partial charge >= 0.3 is 122 Å². The molecule has 1 aromatic rings. The standard InChI is InChI=1S/C14H19N4Se/c1-11-7-4-6-10-18(11)14(19)17-16-12(2)13-8-3-5-9-15-13/h3,5,8-9,11H,4,6-7,10H2,1-2H3/b16-12+,17-14-. The second-order valence-corrected chi connectivity index (χ2v) is 5.59. The Morgan fingerprint density at radius 2 is 2.21 bits per heavy atom. The summed E-state index contributed by atoms with van der Waals surface area (Å²) >= 11 is 3.03. The molecular weight excluding hydrogens is 303 g/mol. The van der Waals surface area contributed by atoms with Crippen molar-refractivity contribution in [1.29, 1.82) is 0 Å². The van der Waals surface area contributed by atoms with E-state index in [2.05, 4.69) is 43.0 Å². The number of rotatable bonds is 2. The Hall–Kier alpha value is -1.19. The predicted molar refractivity (Wildman–Crippen MR) is 79.7 cm³/mol. The summed E-state index contributed by atoms with van der Waals surface area (Å²) < 4.78 is 0.877. The quantitative estimate of drug-likeness (QED) is 0.362. The Labute approximate surface area is 122 Å². The van der Waals surface area contributed by atoms with Crippen LogP contribution in [0.3, 0.4) is 0 Å². The van der Waals surface area contributed by atoms with Gasteiger partial charge in [0.2, 0.25) is 0 Å². The Balaban J connectivity index is 2.08. The van der Waals surface area contributed by atoms with Crippen molar-refractivity contribution in [2.24, 2.45) is 10.2 Å². The molecule has 2 heterocycles. The molecule has 1 aromatic heterocycles. The number of amidine groups is 1. The number of piperidine rings is 1. The van der Waals surface area contributed by atoms with Gasteiger partial charge in [0.25, 0.3) is 0 Å². The molecule has 0 N–H and O–H groups in total. The summed E-state index contributed by atoms with van der Waals surface area (Å²) in [5.74, 6) is 0. The first-order chi connectivity index (χ1) is 9.18. The zero-order valence-electron chi connectivity index (χ0n) is 11.4. The normalized spacial score (nSPS) is 21.6. The molecule has 0 spiro atoms. The van der Waals surface area contributed by atoms with E-state index < -0.39 is 0 Å². The minimum atomic E-state index is 0.541. The first-order valence-corrected chi connectivity index (χ1v) is 7.51. The number of nitrogens with zero attached hydrogens (tertiary/aromatic N) is 4. The molecule has 1 saturated heterocycles. The molecule has 101 valence electrons. The predicted octanol–water partition coefficient (Wildman–Crippen LogP) is 2.20. The number of hydrogen-bond acceptors (Lipinski definition) is 3. The van der Waals surface area contributed by atoms with E-state index in [-0.39, 0.29) is 0 Å². The average molecular weight is 322 g/mol. The van der Waals surface area contributed by atoms with Crippen molar-refractivity contribution in [3.05, 3.63) is 30.1 Å². The first kappa shape index (κ1) is 14.2. The zero-order chi connectivity index (χ0) is 13.7. The Kier molecular flexibility index (Phi) is 5.11. The summed E-state index contributed by atoms with van der Waals surface area (Å²) in [6, 6.07) is 6.33. The van der Waals surface area contributed by atoms with Crippen molar-refractivity contribution in [3.63, 3.8) is 0 Å². The second-order valence-electron chi connectivity index (χ2n) is 4.82. The van der Waals surface area contributed by atoms with E-state index in [0.717, 1.165) is 22.7 Å². The minimum absolute atomic E-state index is 0.541. The number of hydrogen-bond donors (Lipinski definition) is 0. The number of pyridine rings is 1. The summed E-state index contributed by atoms with van der Waals surface area (Å²) in [5.41, 5.74) is 1.70. The molecule has 2 rings (SSSR count). The molecule has 0 bridgehead atoms. The van der Waals surface area contributed by atoms with E-state index in [0.29, 0.717) is 6.04 Å². The summed E-state index contributed by atoms with van der Waals surface area (Å²) in [6.07, 6.45) is 5.53. The first-order valence-electron chi connectivity index (χ1n) is 6.66. The monoisotopic (exact) mass is 323 g/mol. The molecule has 1 aliphatic heterocycles. The topological polar surface area (TPSA) is 40.9 Å². The van der Waals surface area contributed by atoms with Crippen molar-refractivity contribution >= 4 is 26.5 Å². The molecule has 1 fully saturated rings. The SMILES string of the molecule is C/C(=N\N=C(/[Se])N1CCCCC1C)c1ccccn1. The third-order valence-corrected chi connectivity index (χ3v) is 4.03. The van der Waals surface area contributed by atoms with Gasteiger partial charge in [0.1, 0.15) is 0 Å². The van der Waals surface area contributed by atoms with Crippen LogP contribution in [0.15, 0.2) is 34.6 Å². The zero-order valence-corrected chi connectivity index (χ0v) is 13.1. The van der Waals surface area contributed by atoms with Crippen LogP contribution < -0.4 is 0 Å². The van der Waals surface area contributed by atoms with Crippen molar-refractivity contribution in [3.8, 4) is 0 Å². The van der Waals surface area contributed by atoms with Crippen LogP contribution in [0.2, 0.25) is 0 Å². The maximum absolute atomic E-state index is 4.31. The van der Waals surface area contributed by atoms with Gasteiger partial charge < -0.3 is 0 Å². The van der Waals surface area contributed by atoms with Gasteiger partial charge in [0, 0.05) is 0 Å². The van der Waals surface area contributed by atoms with Crippen LogP contribution in [0.25, 0.3) is 0 Å². The van der Waals surface area contributed by atoms with Crippen molar-refractivity contribution < 1.29 is 0 Å². The number of likely N-dealkylation sites (tertiary alicyclic amines) is 1. The third kappa shape index (κ3) is 3.88. The summed E-state index contributed by atoms with van der Waals surface area (Å²) in [7, 11) is 0. The van der Waals surface area contributed by atoms with Crippen molar-refractivity contribution in [2.75, 3.05) is 6.54 Å². The van der Waals surface area contributed by atoms with E-state index in [4.69, 9.17) is 0 Å². The molecule has 5 heteroatoms. The molecule has 0 amide bonds. The molecule has 1 radical (unpaired) electrons. The van der Waals surface area contributed by atoms with Crippen LogP contribution in [0.5, 0.6) is 0 Å². The molecule has 1 aliphatic rings. The fraction of sp³-hybridized carbons (Fsp3) is 0.500. The van der Waals surface area contributed by atoms with Gasteiger partial charge in [-0.3, -0.25) is 0 Å². The molecule has 1 unspecified atom stereocenters. The van der Waals surface area contributed by atoms with E-state index in [1.807, 2.05) is 25.1 Å². The molecule has 1 atom stereocenters. The van der Waals surface area contributed by atoms with Gasteiger partial charge in [0.05, 0.1) is 0 Å². The van der Waals surface area contributed by atoms with Gasteiger partial charge in [0.15, 0.2) is 0 Å². The van der Waals surface area contributed by atoms with E-state index in [1.54, 1.807) is 6.20 Å². The molecule has 0 aromatic carbocycles. The Bertz CT molecular complexity index is 470. The Morgan fingerprint density at radius 1 is 1.37 bits per heavy atom. The van der Waals surface area contributed by atoms with Crippen LogP contribution in [0.4, 0.5) is 0 Å². The van der Waals surface area contributed by atoms with Gasteiger partial charge in [-0.15, -0.1) is 0 Å². The van der Waals surface area contributed by atoms with Gasteiger partial charge in [-0.1, -0.05) is 0 Å². The van der Waals surface area contributed by atoms with Crippen LogP contribution in [0.1, 0.15) is 38.8 Å². The maximum atomic E-state index is 4.31. The summed E-state index contributed by atoms with van der Waals surface area (Å²) in [4.78, 5) is 6.55. The molecule has 0 saturated carbocycles. The van der Waals surface area contributed by atoms with E-state index >= 15 is 0 Å². The van der Waals surface area contributed by atoms with E-state index in [1.165, 1.54) is 19.3 Å². The third-order valence-electron chi connectivity index (χ3n) is 3.37. The molecule has 4 nitrogen and oxygen atoms in total. The molecular formula is C14H19N4Se. The van der Waals surface area contributed by atoms with Gasteiger partial charge in [-0.05, 0) is 0 Å². The fourth-order valence-corrected chi connectivity index (χ4v) is 2.84. The fourth-order valence-electron chi connectivity index (χ4n) is 2.19. The van der Waals surface area contributed by atoms with Crippen LogP contribution >= 0.6 is 0 Å². The van der Waals surface area contributed by atoms with Gasteiger partial charge in [-0.25, -0.2) is 0 Å². The average Bonchev–Trinajstić information content (AvgIpc) is 2.46. The summed E-state index contributed by atoms with van der Waals surface area (Å²) in [6.45, 7) is 5.23.